The number of thioether (sulfide) groups is 1. The van der Waals surface area contributed by atoms with Crippen molar-refractivity contribution in [2.45, 2.75) is 17.7 Å². The fourth-order valence-electron chi connectivity index (χ4n) is 1.48. The molecule has 0 spiro atoms. The van der Waals surface area contributed by atoms with Gasteiger partial charge in [0.05, 0.1) is 5.03 Å². The second-order valence-corrected chi connectivity index (χ2v) is 4.68. The van der Waals surface area contributed by atoms with Crippen molar-refractivity contribution < 1.29 is 0 Å². The van der Waals surface area contributed by atoms with E-state index in [-0.39, 0.29) is 0 Å². The average Bonchev–Trinajstić information content (AvgIpc) is 2.38. The van der Waals surface area contributed by atoms with Crippen LogP contribution in [0.15, 0.2) is 47.5 Å². The van der Waals surface area contributed by atoms with Gasteiger partial charge in [0.25, 0.3) is 0 Å². The number of rotatable bonds is 3. The molecular weight excluding hydrogens is 228 g/mol. The van der Waals surface area contributed by atoms with E-state index < -0.39 is 0 Å². The molecule has 0 atom stereocenters. The molecule has 0 N–H and O–H groups in total. The summed E-state index contributed by atoms with van der Waals surface area (Å²) >= 11 is 1.65. The van der Waals surface area contributed by atoms with Crippen LogP contribution in [0.5, 0.6) is 0 Å². The molecule has 3 heteroatoms. The lowest BCUT2D eigenvalue weighted by atomic mass is 10.1. The number of nitriles is 1. The summed E-state index contributed by atoms with van der Waals surface area (Å²) in [6.07, 6.45) is 0. The van der Waals surface area contributed by atoms with E-state index in [0.29, 0.717) is 5.69 Å². The standard InChI is InChI=1S/C14H12N2S/c1-11-5-2-3-6-12(11)10-17-14-8-4-7-13(9-15)16-14/h2-8H,10H2,1H3. The number of hydrogen-bond acceptors (Lipinski definition) is 3. The first-order valence-corrected chi connectivity index (χ1v) is 6.32. The fraction of sp³-hybridized carbons (Fsp3) is 0.143. The number of pyridine rings is 1. The summed E-state index contributed by atoms with van der Waals surface area (Å²) in [5, 5.41) is 9.67. The van der Waals surface area contributed by atoms with Crippen molar-refractivity contribution in [3.05, 3.63) is 59.3 Å². The Bertz CT molecular complexity index is 558. The van der Waals surface area contributed by atoms with Crippen LogP contribution in [0.2, 0.25) is 0 Å². The molecule has 0 saturated heterocycles. The van der Waals surface area contributed by atoms with Crippen LogP contribution in [0.3, 0.4) is 0 Å². The molecule has 84 valence electrons. The van der Waals surface area contributed by atoms with Crippen molar-refractivity contribution in [2.75, 3.05) is 0 Å². The van der Waals surface area contributed by atoms with Gasteiger partial charge < -0.3 is 0 Å². The molecular formula is C14H12N2S. The minimum atomic E-state index is 0.472. The molecule has 0 bridgehead atoms. The minimum Gasteiger partial charge on any atom is -0.231 e. The highest BCUT2D eigenvalue weighted by Gasteiger charge is 2.01. The third-order valence-electron chi connectivity index (χ3n) is 2.47. The maximum Gasteiger partial charge on any atom is 0.141 e. The highest BCUT2D eigenvalue weighted by molar-refractivity contribution is 7.98. The van der Waals surface area contributed by atoms with Crippen molar-refractivity contribution in [1.29, 1.82) is 5.26 Å². The van der Waals surface area contributed by atoms with E-state index in [1.54, 1.807) is 17.8 Å². The molecule has 0 fully saturated rings. The van der Waals surface area contributed by atoms with Crippen molar-refractivity contribution in [3.63, 3.8) is 0 Å². The highest BCUT2D eigenvalue weighted by Crippen LogP contribution is 2.22. The van der Waals surface area contributed by atoms with E-state index in [2.05, 4.69) is 30.1 Å². The van der Waals surface area contributed by atoms with Gasteiger partial charge in [0.2, 0.25) is 0 Å². The van der Waals surface area contributed by atoms with Crippen molar-refractivity contribution in [3.8, 4) is 6.07 Å². The molecule has 0 radical (unpaired) electrons. The third kappa shape index (κ3) is 3.08. The van der Waals surface area contributed by atoms with Gasteiger partial charge in [-0.05, 0) is 30.2 Å². The molecule has 0 aliphatic rings. The second-order valence-electron chi connectivity index (χ2n) is 3.69. The van der Waals surface area contributed by atoms with Gasteiger partial charge >= 0.3 is 0 Å². The first-order valence-electron chi connectivity index (χ1n) is 5.34. The monoisotopic (exact) mass is 240 g/mol. The lowest BCUT2D eigenvalue weighted by molar-refractivity contribution is 1.10. The largest absolute Gasteiger partial charge is 0.231 e. The predicted molar refractivity (Wildman–Crippen MR) is 69.7 cm³/mol. The molecule has 0 aliphatic heterocycles. The zero-order chi connectivity index (χ0) is 12.1. The van der Waals surface area contributed by atoms with Crippen LogP contribution in [0.4, 0.5) is 0 Å². The zero-order valence-corrected chi connectivity index (χ0v) is 10.4. The third-order valence-corrected chi connectivity index (χ3v) is 3.45. The Balaban J connectivity index is 2.08. The number of nitrogens with zero attached hydrogens (tertiary/aromatic N) is 2. The summed E-state index contributed by atoms with van der Waals surface area (Å²) in [6, 6.07) is 15.9. The van der Waals surface area contributed by atoms with Crippen LogP contribution < -0.4 is 0 Å². The number of aromatic nitrogens is 1. The van der Waals surface area contributed by atoms with Gasteiger partial charge in [-0.3, -0.25) is 0 Å². The normalized spacial score (nSPS) is 9.88. The molecule has 1 heterocycles. The molecule has 0 unspecified atom stereocenters. The average molecular weight is 240 g/mol. The summed E-state index contributed by atoms with van der Waals surface area (Å²) in [6.45, 7) is 2.11. The van der Waals surface area contributed by atoms with E-state index >= 15 is 0 Å². The van der Waals surface area contributed by atoms with Crippen molar-refractivity contribution >= 4 is 11.8 Å². The lowest BCUT2D eigenvalue weighted by Gasteiger charge is -2.04. The smallest absolute Gasteiger partial charge is 0.141 e. The Morgan fingerprint density at radius 1 is 1.18 bits per heavy atom. The summed E-state index contributed by atoms with van der Waals surface area (Å²) in [7, 11) is 0. The number of hydrogen-bond donors (Lipinski definition) is 0. The van der Waals surface area contributed by atoms with Gasteiger partial charge in [-0.25, -0.2) is 4.98 Å². The summed E-state index contributed by atoms with van der Waals surface area (Å²) in [5.41, 5.74) is 3.07. The first-order chi connectivity index (χ1) is 8.29. The molecule has 2 nitrogen and oxygen atoms in total. The molecule has 0 saturated carbocycles. The van der Waals surface area contributed by atoms with E-state index in [0.717, 1.165) is 10.8 Å². The number of aryl methyl sites for hydroxylation is 1. The van der Waals surface area contributed by atoms with Crippen LogP contribution in [0, 0.1) is 18.3 Å². The quantitative estimate of drug-likeness (QED) is 0.770. The molecule has 2 aromatic rings. The molecule has 0 aliphatic carbocycles. The Morgan fingerprint density at radius 2 is 2.00 bits per heavy atom. The Morgan fingerprint density at radius 3 is 2.76 bits per heavy atom. The van der Waals surface area contributed by atoms with Crippen LogP contribution in [0.25, 0.3) is 0 Å². The molecule has 1 aromatic carbocycles. The zero-order valence-electron chi connectivity index (χ0n) is 9.55. The fourth-order valence-corrected chi connectivity index (χ4v) is 2.45. The van der Waals surface area contributed by atoms with Crippen LogP contribution in [0.1, 0.15) is 16.8 Å². The maximum atomic E-state index is 8.77. The van der Waals surface area contributed by atoms with Gasteiger partial charge in [-0.2, -0.15) is 5.26 Å². The van der Waals surface area contributed by atoms with Crippen LogP contribution in [-0.2, 0) is 5.75 Å². The van der Waals surface area contributed by atoms with Gasteiger partial charge in [-0.15, -0.1) is 11.8 Å². The predicted octanol–water partition coefficient (Wildman–Crippen LogP) is 3.55. The highest BCUT2D eigenvalue weighted by atomic mass is 32.2. The van der Waals surface area contributed by atoms with Gasteiger partial charge in [0.1, 0.15) is 11.8 Å². The summed E-state index contributed by atoms with van der Waals surface area (Å²) < 4.78 is 0. The van der Waals surface area contributed by atoms with Crippen LogP contribution >= 0.6 is 11.8 Å². The van der Waals surface area contributed by atoms with E-state index in [1.807, 2.05) is 24.3 Å². The maximum absolute atomic E-state index is 8.77. The molecule has 1 aromatic heterocycles. The summed E-state index contributed by atoms with van der Waals surface area (Å²) in [4.78, 5) is 4.24. The van der Waals surface area contributed by atoms with E-state index in [4.69, 9.17) is 5.26 Å². The van der Waals surface area contributed by atoms with Crippen molar-refractivity contribution in [2.24, 2.45) is 0 Å². The topological polar surface area (TPSA) is 36.7 Å². The molecule has 0 amide bonds. The number of benzene rings is 1. The Hall–Kier alpha value is -1.79. The first kappa shape index (κ1) is 11.7. The van der Waals surface area contributed by atoms with Gasteiger partial charge in [0, 0.05) is 5.75 Å². The minimum absolute atomic E-state index is 0.472. The van der Waals surface area contributed by atoms with Crippen LogP contribution in [-0.4, -0.2) is 4.98 Å². The van der Waals surface area contributed by atoms with Gasteiger partial charge in [0.15, 0.2) is 0 Å². The van der Waals surface area contributed by atoms with E-state index in [9.17, 15) is 0 Å². The lowest BCUT2D eigenvalue weighted by Crippen LogP contribution is -1.88. The molecule has 17 heavy (non-hydrogen) atoms. The molecule has 2 rings (SSSR count). The Kier molecular flexibility index (Phi) is 3.79. The Labute approximate surface area is 105 Å². The van der Waals surface area contributed by atoms with E-state index in [1.165, 1.54) is 11.1 Å². The SMILES string of the molecule is Cc1ccccc1CSc1cccc(C#N)n1. The second kappa shape index (κ2) is 5.51. The van der Waals surface area contributed by atoms with Crippen molar-refractivity contribution in [1.82, 2.24) is 4.98 Å². The van der Waals surface area contributed by atoms with Gasteiger partial charge in [-0.1, -0.05) is 30.3 Å². The summed E-state index contributed by atoms with van der Waals surface area (Å²) in [5.74, 6) is 0.883.